The summed E-state index contributed by atoms with van der Waals surface area (Å²) in [6, 6.07) is 6.01. The van der Waals surface area contributed by atoms with Crippen molar-refractivity contribution in [3.8, 4) is 5.75 Å². The number of anilines is 1. The molecule has 0 aromatic heterocycles. The Kier molecular flexibility index (Phi) is 17.0. The monoisotopic (exact) mass is 668 g/mol. The topological polar surface area (TPSA) is 74.3 Å². The lowest BCUT2D eigenvalue weighted by Crippen LogP contribution is -2.45. The third kappa shape index (κ3) is 13.1. The maximum Gasteiger partial charge on any atom is 0.230 e. The molecule has 0 atom stereocenters. The van der Waals surface area contributed by atoms with Gasteiger partial charge in [-0.05, 0) is 69.7 Å². The van der Waals surface area contributed by atoms with E-state index in [0.717, 1.165) is 105 Å². The van der Waals surface area contributed by atoms with E-state index in [2.05, 4.69) is 48.2 Å². The highest BCUT2D eigenvalue weighted by Gasteiger charge is 2.25. The number of unbranched alkanes of at least 4 members (excludes halogenated alkanes) is 4. The minimum atomic E-state index is 0.0363. The smallest absolute Gasteiger partial charge is 0.230 e. The fourth-order valence-corrected chi connectivity index (χ4v) is 6.08. The van der Waals surface area contributed by atoms with Crippen LogP contribution in [0.25, 0.3) is 0 Å². The highest BCUT2D eigenvalue weighted by molar-refractivity contribution is 6.32. The number of amides is 2. The van der Waals surface area contributed by atoms with Crippen LogP contribution in [0.1, 0.15) is 90.5 Å². The summed E-state index contributed by atoms with van der Waals surface area (Å²) in [7, 11) is 0. The van der Waals surface area contributed by atoms with Crippen molar-refractivity contribution in [2.45, 2.75) is 91.4 Å². The van der Waals surface area contributed by atoms with Gasteiger partial charge in [-0.15, -0.1) is 0 Å². The SMILES string of the molecule is C=C/C=C(C)\C(Cl)=C(/C)N1CCN(CCCCOc2ccc3c(c2)N(COC(=C)CCCNC(=O)CCCCCC)C(=O)CC3)CC1. The largest absolute Gasteiger partial charge is 0.494 e. The third-order valence-corrected chi connectivity index (χ3v) is 9.45. The van der Waals surface area contributed by atoms with Gasteiger partial charge in [-0.2, -0.15) is 0 Å². The zero-order valence-electron chi connectivity index (χ0n) is 29.1. The van der Waals surface area contributed by atoms with Gasteiger partial charge in [0, 0.05) is 63.7 Å². The zero-order chi connectivity index (χ0) is 34.0. The molecule has 0 bridgehead atoms. The predicted octanol–water partition coefficient (Wildman–Crippen LogP) is 7.70. The van der Waals surface area contributed by atoms with Crippen LogP contribution in [-0.2, 0) is 20.7 Å². The number of carbonyl (C=O) groups is 2. The average molecular weight is 669 g/mol. The first kappa shape index (κ1) is 38.2. The first-order valence-corrected chi connectivity index (χ1v) is 17.9. The van der Waals surface area contributed by atoms with Crippen LogP contribution in [0, 0.1) is 0 Å². The molecule has 0 spiro atoms. The number of carbonyl (C=O) groups excluding carboxylic acids is 2. The number of allylic oxidation sites excluding steroid dienone is 6. The van der Waals surface area contributed by atoms with Crippen LogP contribution in [0.5, 0.6) is 5.75 Å². The lowest BCUT2D eigenvalue weighted by atomic mass is 10.0. The van der Waals surface area contributed by atoms with E-state index in [1.54, 1.807) is 11.0 Å². The Labute approximate surface area is 288 Å². The number of fused-ring (bicyclic) bond motifs is 1. The Morgan fingerprint density at radius 1 is 1.02 bits per heavy atom. The second-order valence-corrected chi connectivity index (χ2v) is 12.9. The quantitative estimate of drug-likeness (QED) is 0.0822. The van der Waals surface area contributed by atoms with Gasteiger partial charge in [0.1, 0.15) is 5.75 Å². The molecule has 1 saturated heterocycles. The minimum absolute atomic E-state index is 0.0363. The highest BCUT2D eigenvalue weighted by Crippen LogP contribution is 2.32. The maximum atomic E-state index is 12.8. The summed E-state index contributed by atoms with van der Waals surface area (Å²) in [5.41, 5.74) is 4.13. The summed E-state index contributed by atoms with van der Waals surface area (Å²) in [6.45, 7) is 20.4. The van der Waals surface area contributed by atoms with Crippen LogP contribution in [0.15, 0.2) is 65.6 Å². The van der Waals surface area contributed by atoms with Crippen LogP contribution >= 0.6 is 11.6 Å². The van der Waals surface area contributed by atoms with Crippen molar-refractivity contribution < 1.29 is 19.1 Å². The maximum absolute atomic E-state index is 12.8. The summed E-state index contributed by atoms with van der Waals surface area (Å²) in [5.74, 6) is 1.52. The molecule has 2 aliphatic rings. The molecule has 1 N–H and O–H groups in total. The summed E-state index contributed by atoms with van der Waals surface area (Å²) in [4.78, 5) is 31.4. The molecular formula is C38H57ClN4O4. The van der Waals surface area contributed by atoms with Gasteiger partial charge in [0.15, 0.2) is 6.73 Å². The van der Waals surface area contributed by atoms with Crippen LogP contribution in [0.2, 0.25) is 0 Å². The van der Waals surface area contributed by atoms with Crippen molar-refractivity contribution in [1.29, 1.82) is 0 Å². The van der Waals surface area contributed by atoms with Crippen molar-refractivity contribution in [3.05, 3.63) is 71.1 Å². The number of hydrogen-bond donors (Lipinski definition) is 1. The summed E-state index contributed by atoms with van der Waals surface area (Å²) >= 11 is 6.58. The van der Waals surface area contributed by atoms with E-state index in [-0.39, 0.29) is 18.5 Å². The number of rotatable bonds is 21. The Hall–Kier alpha value is -3.23. The number of nitrogens with one attached hydrogen (secondary N) is 1. The van der Waals surface area contributed by atoms with Gasteiger partial charge >= 0.3 is 0 Å². The number of aryl methyl sites for hydroxylation is 1. The van der Waals surface area contributed by atoms with Crippen LogP contribution in [0.4, 0.5) is 5.69 Å². The second kappa shape index (κ2) is 20.9. The van der Waals surface area contributed by atoms with Gasteiger partial charge in [-0.1, -0.05) is 69.2 Å². The van der Waals surface area contributed by atoms with Crippen molar-refractivity contribution in [1.82, 2.24) is 15.1 Å². The molecule has 0 radical (unpaired) electrons. The standard InChI is InChI=1S/C38H57ClN4O4/c1-6-8-9-10-16-36(44)40-21-13-15-31(4)47-29-43-35-28-34(19-17-33(35)18-20-37(43)45)46-27-12-11-22-41-23-25-42(26-24-41)32(5)38(39)30(3)14-7-2/h7,14,17,19,28H,2,4,6,8-13,15-16,18,20-27,29H2,1,3,5H3,(H,40,44)/b30-14-,38-32-. The summed E-state index contributed by atoms with van der Waals surface area (Å²) < 4.78 is 12.0. The van der Waals surface area contributed by atoms with Gasteiger partial charge in [-0.25, -0.2) is 0 Å². The average Bonchev–Trinajstić information content (AvgIpc) is 3.07. The van der Waals surface area contributed by atoms with E-state index in [1.807, 2.05) is 25.1 Å². The van der Waals surface area contributed by atoms with Crippen molar-refractivity contribution >= 4 is 29.1 Å². The van der Waals surface area contributed by atoms with Crippen LogP contribution in [0.3, 0.4) is 0 Å². The molecule has 260 valence electrons. The molecule has 0 saturated carbocycles. The van der Waals surface area contributed by atoms with Gasteiger partial charge in [0.2, 0.25) is 11.8 Å². The lowest BCUT2D eigenvalue weighted by molar-refractivity contribution is -0.121. The van der Waals surface area contributed by atoms with E-state index in [1.165, 1.54) is 6.42 Å². The van der Waals surface area contributed by atoms with E-state index in [0.29, 0.717) is 44.6 Å². The minimum Gasteiger partial charge on any atom is -0.494 e. The second-order valence-electron chi connectivity index (χ2n) is 12.6. The van der Waals surface area contributed by atoms with Gasteiger partial charge in [0.05, 0.1) is 23.1 Å². The molecule has 2 heterocycles. The number of halogens is 1. The summed E-state index contributed by atoms with van der Waals surface area (Å²) in [6.07, 6.45) is 13.2. The molecule has 9 heteroatoms. The predicted molar refractivity (Wildman–Crippen MR) is 194 cm³/mol. The molecule has 1 fully saturated rings. The molecule has 0 aliphatic carbocycles. The first-order chi connectivity index (χ1) is 22.7. The molecule has 2 amide bonds. The Morgan fingerprint density at radius 2 is 1.81 bits per heavy atom. The zero-order valence-corrected chi connectivity index (χ0v) is 29.8. The number of ether oxygens (including phenoxy) is 2. The third-order valence-electron chi connectivity index (χ3n) is 8.88. The van der Waals surface area contributed by atoms with E-state index >= 15 is 0 Å². The summed E-state index contributed by atoms with van der Waals surface area (Å²) in [5, 5.41) is 3.79. The Balaban J connectivity index is 1.36. The van der Waals surface area contributed by atoms with Gasteiger partial charge in [0.25, 0.3) is 0 Å². The van der Waals surface area contributed by atoms with Gasteiger partial charge in [-0.3, -0.25) is 19.4 Å². The number of piperazine rings is 1. The van der Waals surface area contributed by atoms with Crippen molar-refractivity contribution in [2.75, 3.05) is 57.5 Å². The fraction of sp³-hybridized carbons (Fsp3) is 0.579. The first-order valence-electron chi connectivity index (χ1n) is 17.5. The lowest BCUT2D eigenvalue weighted by Gasteiger charge is -2.37. The number of benzene rings is 1. The van der Waals surface area contributed by atoms with Crippen LogP contribution in [-0.4, -0.2) is 74.2 Å². The van der Waals surface area contributed by atoms with E-state index < -0.39 is 0 Å². The Morgan fingerprint density at radius 3 is 2.55 bits per heavy atom. The number of hydrogen-bond acceptors (Lipinski definition) is 6. The molecule has 1 aromatic carbocycles. The van der Waals surface area contributed by atoms with E-state index in [9.17, 15) is 9.59 Å². The highest BCUT2D eigenvalue weighted by atomic mass is 35.5. The molecule has 2 aliphatic heterocycles. The van der Waals surface area contributed by atoms with E-state index in [4.69, 9.17) is 21.1 Å². The normalized spacial score (nSPS) is 16.0. The van der Waals surface area contributed by atoms with Crippen LogP contribution < -0.4 is 15.0 Å². The Bertz CT molecular complexity index is 1250. The van der Waals surface area contributed by atoms with Crippen molar-refractivity contribution in [2.24, 2.45) is 0 Å². The van der Waals surface area contributed by atoms with Crippen molar-refractivity contribution in [3.63, 3.8) is 0 Å². The molecule has 1 aromatic rings. The molecule has 0 unspecified atom stereocenters. The molecule has 8 nitrogen and oxygen atoms in total. The van der Waals surface area contributed by atoms with Gasteiger partial charge < -0.3 is 19.7 Å². The number of nitrogens with zero attached hydrogens (tertiary/aromatic N) is 3. The molecule has 47 heavy (non-hydrogen) atoms. The molecule has 3 rings (SSSR count). The molecular weight excluding hydrogens is 612 g/mol. The fourth-order valence-electron chi connectivity index (χ4n) is 5.90.